The quantitative estimate of drug-likeness (QED) is 0.169. The number of aromatic nitrogens is 5. The fraction of sp³-hybridized carbons (Fsp3) is 0. The van der Waals surface area contributed by atoms with Crippen molar-refractivity contribution < 1.29 is 0 Å². The topological polar surface area (TPSA) is 64.5 Å². The first kappa shape index (κ1) is 30.9. The average Bonchev–Trinajstić information content (AvgIpc) is 3.24. The fourth-order valence-corrected chi connectivity index (χ4v) is 6.60. The van der Waals surface area contributed by atoms with Gasteiger partial charge in [-0.1, -0.05) is 140 Å². The Bertz CT molecular complexity index is 2640. The van der Waals surface area contributed by atoms with Gasteiger partial charge in [0.1, 0.15) is 0 Å². The van der Waals surface area contributed by atoms with Crippen LogP contribution in [-0.4, -0.2) is 24.9 Å². The minimum absolute atomic E-state index is 0.597. The molecule has 0 aliphatic carbocycles. The van der Waals surface area contributed by atoms with Gasteiger partial charge in [0.25, 0.3) is 0 Å². The summed E-state index contributed by atoms with van der Waals surface area (Å²) in [5.41, 5.74) is 12.4. The summed E-state index contributed by atoms with van der Waals surface area (Å²) in [4.78, 5) is 24.4. The van der Waals surface area contributed by atoms with E-state index in [0.717, 1.165) is 72.1 Å². The number of hydrogen-bond acceptors (Lipinski definition) is 5. The molecule has 5 nitrogen and oxygen atoms in total. The van der Waals surface area contributed by atoms with Gasteiger partial charge in [0.05, 0.1) is 5.52 Å². The number of benzene rings is 6. The molecule has 5 heteroatoms. The average molecular weight is 666 g/mol. The molecule has 0 spiro atoms. The second kappa shape index (κ2) is 13.7. The van der Waals surface area contributed by atoms with Gasteiger partial charge in [-0.25, -0.2) is 15.0 Å². The largest absolute Gasteiger partial charge is 0.264 e. The summed E-state index contributed by atoms with van der Waals surface area (Å²) in [6.45, 7) is 0. The van der Waals surface area contributed by atoms with Crippen molar-refractivity contribution in [3.05, 3.63) is 188 Å². The summed E-state index contributed by atoms with van der Waals surface area (Å²) >= 11 is 0. The Morgan fingerprint density at radius 1 is 0.308 bits per heavy atom. The van der Waals surface area contributed by atoms with Crippen LogP contribution in [0.4, 0.5) is 0 Å². The van der Waals surface area contributed by atoms with Crippen LogP contribution < -0.4 is 0 Å². The predicted molar refractivity (Wildman–Crippen MR) is 211 cm³/mol. The highest BCUT2D eigenvalue weighted by Gasteiger charge is 2.16. The van der Waals surface area contributed by atoms with Gasteiger partial charge in [-0.3, -0.25) is 9.97 Å². The highest BCUT2D eigenvalue weighted by Crippen LogP contribution is 2.36. The third kappa shape index (κ3) is 6.23. The highest BCUT2D eigenvalue weighted by molar-refractivity contribution is 5.95. The number of nitrogens with zero attached hydrogens (tertiary/aromatic N) is 5. The molecule has 0 saturated carbocycles. The summed E-state index contributed by atoms with van der Waals surface area (Å²) in [7, 11) is 0. The maximum atomic E-state index is 5.14. The van der Waals surface area contributed by atoms with E-state index < -0.39 is 0 Å². The Morgan fingerprint density at radius 2 is 0.788 bits per heavy atom. The number of hydrogen-bond donors (Lipinski definition) is 0. The standard InChI is InChI=1S/C47H31N5/c1-3-10-32(11-4-1)33-22-24-38(25-23-33)46-50-45(37-12-5-2-6-13-37)51-47(52-46)42-29-40(35-20-18-34(19-21-35)39-16-8-26-48-31-39)28-41(30-42)43-17-7-14-36-15-9-27-49-44(36)43/h1-31H. The molecular formula is C47H31N5. The van der Waals surface area contributed by atoms with Gasteiger partial charge in [-0.2, -0.15) is 0 Å². The third-order valence-corrected chi connectivity index (χ3v) is 9.27. The van der Waals surface area contributed by atoms with Gasteiger partial charge in [0.15, 0.2) is 17.5 Å². The van der Waals surface area contributed by atoms with Gasteiger partial charge in [-0.05, 0) is 69.3 Å². The van der Waals surface area contributed by atoms with Crippen LogP contribution in [-0.2, 0) is 0 Å². The van der Waals surface area contributed by atoms with Gasteiger partial charge in [0.2, 0.25) is 0 Å². The minimum Gasteiger partial charge on any atom is -0.264 e. The molecule has 3 aromatic heterocycles. The number of rotatable bonds is 7. The van der Waals surface area contributed by atoms with Crippen LogP contribution in [0.1, 0.15) is 0 Å². The van der Waals surface area contributed by atoms with Crippen LogP contribution in [0, 0.1) is 0 Å². The molecule has 0 atom stereocenters. The molecule has 52 heavy (non-hydrogen) atoms. The van der Waals surface area contributed by atoms with Crippen LogP contribution in [0.5, 0.6) is 0 Å². The van der Waals surface area contributed by atoms with E-state index in [9.17, 15) is 0 Å². The van der Waals surface area contributed by atoms with Crippen molar-refractivity contribution in [2.45, 2.75) is 0 Å². The van der Waals surface area contributed by atoms with Crippen molar-refractivity contribution in [2.75, 3.05) is 0 Å². The first-order valence-electron chi connectivity index (χ1n) is 17.2. The summed E-state index contributed by atoms with van der Waals surface area (Å²) in [6, 6.07) is 58.5. The van der Waals surface area contributed by atoms with Crippen molar-refractivity contribution in [3.8, 4) is 78.7 Å². The molecule has 9 rings (SSSR count). The van der Waals surface area contributed by atoms with Crippen molar-refractivity contribution in [2.24, 2.45) is 0 Å². The Balaban J connectivity index is 1.22. The molecule has 3 heterocycles. The highest BCUT2D eigenvalue weighted by atomic mass is 15.0. The lowest BCUT2D eigenvalue weighted by Crippen LogP contribution is -2.00. The lowest BCUT2D eigenvalue weighted by atomic mass is 9.93. The molecule has 0 radical (unpaired) electrons. The zero-order valence-corrected chi connectivity index (χ0v) is 28.1. The first-order valence-corrected chi connectivity index (χ1v) is 17.2. The molecule has 0 unspecified atom stereocenters. The fourth-order valence-electron chi connectivity index (χ4n) is 6.60. The van der Waals surface area contributed by atoms with E-state index in [2.05, 4.69) is 126 Å². The number of pyridine rings is 2. The monoisotopic (exact) mass is 665 g/mol. The summed E-state index contributed by atoms with van der Waals surface area (Å²) in [6.07, 6.45) is 5.53. The second-order valence-electron chi connectivity index (χ2n) is 12.6. The van der Waals surface area contributed by atoms with Crippen LogP contribution in [0.2, 0.25) is 0 Å². The van der Waals surface area contributed by atoms with E-state index in [0.29, 0.717) is 17.5 Å². The van der Waals surface area contributed by atoms with Gasteiger partial charge in [-0.15, -0.1) is 0 Å². The van der Waals surface area contributed by atoms with E-state index in [4.69, 9.17) is 19.9 Å². The molecule has 6 aromatic carbocycles. The van der Waals surface area contributed by atoms with Crippen molar-refractivity contribution in [3.63, 3.8) is 0 Å². The van der Waals surface area contributed by atoms with Crippen LogP contribution >= 0.6 is 0 Å². The molecule has 0 amide bonds. The van der Waals surface area contributed by atoms with Crippen molar-refractivity contribution in [1.82, 2.24) is 24.9 Å². The minimum atomic E-state index is 0.597. The number of fused-ring (bicyclic) bond motifs is 1. The van der Waals surface area contributed by atoms with E-state index in [1.807, 2.05) is 60.9 Å². The number of para-hydroxylation sites is 1. The van der Waals surface area contributed by atoms with Crippen LogP contribution in [0.3, 0.4) is 0 Å². The first-order chi connectivity index (χ1) is 25.7. The van der Waals surface area contributed by atoms with E-state index >= 15 is 0 Å². The molecular weight excluding hydrogens is 635 g/mol. The Labute approximate surface area is 302 Å². The molecule has 244 valence electrons. The maximum absolute atomic E-state index is 5.14. The Kier molecular flexibility index (Phi) is 8.12. The molecule has 0 N–H and O–H groups in total. The van der Waals surface area contributed by atoms with Crippen LogP contribution in [0.25, 0.3) is 89.6 Å². The molecule has 0 saturated heterocycles. The molecule has 0 aliphatic heterocycles. The Hall–Kier alpha value is -7.11. The maximum Gasteiger partial charge on any atom is 0.164 e. The zero-order chi connectivity index (χ0) is 34.7. The summed E-state index contributed by atoms with van der Waals surface area (Å²) in [5, 5.41) is 1.08. The van der Waals surface area contributed by atoms with Gasteiger partial charge >= 0.3 is 0 Å². The SMILES string of the molecule is c1ccc(-c2ccc(-c3nc(-c4ccccc4)nc(-c4cc(-c5ccc(-c6cccnc6)cc5)cc(-c5cccc6cccnc56)c4)n3)cc2)cc1. The molecule has 0 fully saturated rings. The van der Waals surface area contributed by atoms with E-state index in [1.54, 1.807) is 6.20 Å². The molecule has 0 bridgehead atoms. The predicted octanol–water partition coefficient (Wildman–Crippen LogP) is 11.5. The second-order valence-corrected chi connectivity index (χ2v) is 12.6. The van der Waals surface area contributed by atoms with Crippen molar-refractivity contribution >= 4 is 10.9 Å². The third-order valence-electron chi connectivity index (χ3n) is 9.27. The van der Waals surface area contributed by atoms with E-state index in [1.165, 1.54) is 0 Å². The van der Waals surface area contributed by atoms with Crippen molar-refractivity contribution in [1.29, 1.82) is 0 Å². The smallest absolute Gasteiger partial charge is 0.164 e. The van der Waals surface area contributed by atoms with E-state index in [-0.39, 0.29) is 0 Å². The normalized spacial score (nSPS) is 11.1. The molecule has 9 aromatic rings. The van der Waals surface area contributed by atoms with Gasteiger partial charge < -0.3 is 0 Å². The lowest BCUT2D eigenvalue weighted by molar-refractivity contribution is 1.07. The zero-order valence-electron chi connectivity index (χ0n) is 28.1. The summed E-state index contributed by atoms with van der Waals surface area (Å²) < 4.78 is 0. The lowest BCUT2D eigenvalue weighted by Gasteiger charge is -2.14. The van der Waals surface area contributed by atoms with Gasteiger partial charge in [0, 0.05) is 46.2 Å². The molecule has 0 aliphatic rings. The van der Waals surface area contributed by atoms with Crippen LogP contribution in [0.15, 0.2) is 188 Å². The Morgan fingerprint density at radius 3 is 1.46 bits per heavy atom. The summed E-state index contributed by atoms with van der Waals surface area (Å²) in [5.74, 6) is 1.83.